The lowest BCUT2D eigenvalue weighted by Crippen LogP contribution is -2.68. The molecular weight excluding hydrogens is 773 g/mol. The van der Waals surface area contributed by atoms with E-state index in [-0.39, 0.29) is 35.6 Å². The van der Waals surface area contributed by atoms with E-state index in [0.29, 0.717) is 51.9 Å². The van der Waals surface area contributed by atoms with E-state index in [1.54, 1.807) is 7.11 Å². The first-order valence-corrected chi connectivity index (χ1v) is 26.6. The summed E-state index contributed by atoms with van der Waals surface area (Å²) >= 11 is 0. The number of hydrogen-bond acceptors (Lipinski definition) is 8. The van der Waals surface area contributed by atoms with Gasteiger partial charge in [0.25, 0.3) is 8.32 Å². The predicted octanol–water partition coefficient (Wildman–Crippen LogP) is 9.72. The SMILES string of the molecule is C=C(C[C@@H](O)C[C@@H]1C[C@@H](O[Si](c2ccccc2)(c2ccccc2)C(C)(C)C)C[C@H]([C@@H]2COC(C)(C)O2)O1)C[C@H](CCOCc1ccc(OC)cc1)O[Si](CC)(CC)CC. The van der Waals surface area contributed by atoms with Crippen molar-refractivity contribution >= 4 is 27.0 Å². The van der Waals surface area contributed by atoms with Crippen molar-refractivity contribution in [2.45, 2.75) is 166 Å². The maximum absolute atomic E-state index is 11.8. The van der Waals surface area contributed by atoms with E-state index in [1.807, 2.05) is 38.1 Å². The second-order valence-corrected chi connectivity index (χ2v) is 27.2. The first-order chi connectivity index (χ1) is 28.1. The van der Waals surface area contributed by atoms with Crippen molar-refractivity contribution in [1.29, 1.82) is 0 Å². The predicted molar refractivity (Wildman–Crippen MR) is 244 cm³/mol. The standard InChI is InChI=1S/C49H74O8Si2/c1-11-58(12-2,13-3)56-41(28-29-52-35-38-24-26-40(51-10)27-25-38)31-37(4)30-39(50)32-42-33-43(34-46(54-42)47-36-53-49(8,9)55-47)57-59(48(5,6)7,44-20-16-14-17-21-44)45-22-18-15-19-23-45/h14-27,39,41-43,46-47,50H,4,11-13,28-36H2,1-3,5-10H3/t39-,41+,42-,43-,46-,47+/m1/s1. The minimum Gasteiger partial charge on any atom is -0.497 e. The molecule has 2 fully saturated rings. The Labute approximate surface area is 358 Å². The Kier molecular flexibility index (Phi) is 17.2. The average Bonchev–Trinajstić information content (AvgIpc) is 3.60. The van der Waals surface area contributed by atoms with Crippen LogP contribution in [0.4, 0.5) is 0 Å². The molecule has 2 aliphatic heterocycles. The zero-order valence-corrected chi connectivity index (χ0v) is 39.5. The van der Waals surface area contributed by atoms with E-state index in [9.17, 15) is 5.11 Å². The number of hydrogen-bond donors (Lipinski definition) is 1. The molecule has 0 radical (unpaired) electrons. The molecule has 2 saturated heterocycles. The fourth-order valence-electron chi connectivity index (χ4n) is 9.14. The zero-order chi connectivity index (χ0) is 42.7. The first kappa shape index (κ1) is 47.4. The summed E-state index contributed by atoms with van der Waals surface area (Å²) < 4.78 is 45.5. The van der Waals surface area contributed by atoms with E-state index in [0.717, 1.165) is 41.4 Å². The van der Waals surface area contributed by atoms with Crippen LogP contribution in [0.15, 0.2) is 97.1 Å². The highest BCUT2D eigenvalue weighted by atomic mass is 28.4. The fraction of sp³-hybridized carbons (Fsp3) is 0.592. The topological polar surface area (TPSA) is 84.8 Å². The van der Waals surface area contributed by atoms with Gasteiger partial charge < -0.3 is 37.6 Å². The van der Waals surface area contributed by atoms with Crippen molar-refractivity contribution in [1.82, 2.24) is 0 Å². The number of methoxy groups -OCH3 is 1. The van der Waals surface area contributed by atoms with Crippen molar-refractivity contribution < 1.29 is 37.6 Å². The number of rotatable bonds is 22. The molecule has 0 bridgehead atoms. The summed E-state index contributed by atoms with van der Waals surface area (Å²) in [6.45, 7) is 23.7. The molecule has 0 aliphatic carbocycles. The van der Waals surface area contributed by atoms with Gasteiger partial charge in [-0.05, 0) is 97.2 Å². The Morgan fingerprint density at radius 1 is 0.864 bits per heavy atom. The van der Waals surface area contributed by atoms with Crippen molar-refractivity contribution in [3.8, 4) is 5.75 Å². The highest BCUT2D eigenvalue weighted by molar-refractivity contribution is 6.99. The highest BCUT2D eigenvalue weighted by Gasteiger charge is 2.53. The molecule has 0 amide bonds. The van der Waals surface area contributed by atoms with Crippen LogP contribution in [0.5, 0.6) is 5.75 Å². The van der Waals surface area contributed by atoms with Gasteiger partial charge in [0, 0.05) is 13.0 Å². The molecule has 1 N–H and O–H groups in total. The van der Waals surface area contributed by atoms with Gasteiger partial charge in [-0.2, -0.15) is 0 Å². The van der Waals surface area contributed by atoms with Crippen LogP contribution in [0.25, 0.3) is 0 Å². The zero-order valence-electron chi connectivity index (χ0n) is 37.5. The number of ether oxygens (including phenoxy) is 5. The molecule has 5 rings (SSSR count). The summed E-state index contributed by atoms with van der Waals surface area (Å²) in [5, 5.41) is 14.1. The second kappa shape index (κ2) is 21.4. The van der Waals surface area contributed by atoms with Gasteiger partial charge in [-0.25, -0.2) is 0 Å². The number of aliphatic hydroxyl groups is 1. The average molecular weight is 847 g/mol. The van der Waals surface area contributed by atoms with E-state index < -0.39 is 28.5 Å². The second-order valence-electron chi connectivity index (χ2n) is 18.3. The molecule has 8 nitrogen and oxygen atoms in total. The lowest BCUT2D eigenvalue weighted by molar-refractivity contribution is -0.182. The van der Waals surface area contributed by atoms with Gasteiger partial charge in [-0.1, -0.05) is 126 Å². The van der Waals surface area contributed by atoms with Crippen LogP contribution in [0, 0.1) is 0 Å². The van der Waals surface area contributed by atoms with Gasteiger partial charge in [0.05, 0.1) is 50.8 Å². The van der Waals surface area contributed by atoms with Gasteiger partial charge in [-0.15, -0.1) is 0 Å². The van der Waals surface area contributed by atoms with E-state index in [2.05, 4.69) is 109 Å². The molecule has 0 unspecified atom stereocenters. The summed E-state index contributed by atoms with van der Waals surface area (Å²) in [5.41, 5.74) is 2.10. The molecule has 59 heavy (non-hydrogen) atoms. The summed E-state index contributed by atoms with van der Waals surface area (Å²) in [7, 11) is -3.07. The van der Waals surface area contributed by atoms with Gasteiger partial charge in [0.1, 0.15) is 11.9 Å². The molecule has 326 valence electrons. The van der Waals surface area contributed by atoms with Crippen molar-refractivity contribution in [3.05, 3.63) is 103 Å². The van der Waals surface area contributed by atoms with Crippen molar-refractivity contribution in [2.24, 2.45) is 0 Å². The number of benzene rings is 3. The summed E-state index contributed by atoms with van der Waals surface area (Å²) in [6, 6.07) is 32.8. The molecule has 2 heterocycles. The maximum atomic E-state index is 11.8. The third-order valence-electron chi connectivity index (χ3n) is 12.5. The van der Waals surface area contributed by atoms with Crippen LogP contribution in [0.3, 0.4) is 0 Å². The molecule has 0 aromatic heterocycles. The van der Waals surface area contributed by atoms with Crippen molar-refractivity contribution in [2.75, 3.05) is 20.3 Å². The molecule has 10 heteroatoms. The monoisotopic (exact) mass is 846 g/mol. The Balaban J connectivity index is 1.30. The molecule has 3 aromatic carbocycles. The summed E-state index contributed by atoms with van der Waals surface area (Å²) in [5.74, 6) is 0.155. The lowest BCUT2D eigenvalue weighted by Gasteiger charge is -2.48. The molecule has 2 aliphatic rings. The summed E-state index contributed by atoms with van der Waals surface area (Å²) in [6.07, 6.45) is 2.33. The summed E-state index contributed by atoms with van der Waals surface area (Å²) in [4.78, 5) is 0. The first-order valence-electron chi connectivity index (χ1n) is 22.1. The fourth-order valence-corrected chi connectivity index (χ4v) is 16.8. The van der Waals surface area contributed by atoms with Crippen LogP contribution >= 0.6 is 0 Å². The highest BCUT2D eigenvalue weighted by Crippen LogP contribution is 2.41. The van der Waals surface area contributed by atoms with Crippen LogP contribution in [0.1, 0.15) is 99.5 Å². The van der Waals surface area contributed by atoms with Crippen LogP contribution < -0.4 is 15.1 Å². The van der Waals surface area contributed by atoms with Crippen LogP contribution in [-0.4, -0.2) is 84.5 Å². The normalized spacial score (nSPS) is 22.2. The minimum atomic E-state index is -2.85. The van der Waals surface area contributed by atoms with Gasteiger partial charge >= 0.3 is 0 Å². The molecule has 3 aromatic rings. The Bertz CT molecular complexity index is 1640. The Morgan fingerprint density at radius 2 is 1.47 bits per heavy atom. The number of aliphatic hydroxyl groups excluding tert-OH is 1. The van der Waals surface area contributed by atoms with Crippen LogP contribution in [-0.2, 0) is 34.4 Å². The molecular formula is C49H74O8Si2. The van der Waals surface area contributed by atoms with E-state index in [4.69, 9.17) is 32.5 Å². The molecule has 0 saturated carbocycles. The Hall–Kier alpha value is -2.65. The largest absolute Gasteiger partial charge is 0.497 e. The molecule has 0 spiro atoms. The van der Waals surface area contributed by atoms with Crippen molar-refractivity contribution in [3.63, 3.8) is 0 Å². The smallest absolute Gasteiger partial charge is 0.261 e. The maximum Gasteiger partial charge on any atom is 0.261 e. The molecule has 6 atom stereocenters. The van der Waals surface area contributed by atoms with Gasteiger partial charge in [0.2, 0.25) is 0 Å². The quantitative estimate of drug-likeness (QED) is 0.0609. The van der Waals surface area contributed by atoms with Gasteiger partial charge in [0.15, 0.2) is 14.1 Å². The minimum absolute atomic E-state index is 0.0144. The third kappa shape index (κ3) is 12.7. The lowest BCUT2D eigenvalue weighted by atomic mass is 9.92. The van der Waals surface area contributed by atoms with E-state index >= 15 is 0 Å². The van der Waals surface area contributed by atoms with E-state index in [1.165, 1.54) is 10.4 Å². The van der Waals surface area contributed by atoms with Gasteiger partial charge in [-0.3, -0.25) is 0 Å². The third-order valence-corrected chi connectivity index (χ3v) is 22.3. The Morgan fingerprint density at radius 3 is 2.00 bits per heavy atom. The van der Waals surface area contributed by atoms with Crippen LogP contribution in [0.2, 0.25) is 23.2 Å².